The summed E-state index contributed by atoms with van der Waals surface area (Å²) >= 11 is 9.61. The molecule has 4 heteroatoms. The van der Waals surface area contributed by atoms with Gasteiger partial charge in [-0.25, -0.2) is 4.39 Å². The van der Waals surface area contributed by atoms with Gasteiger partial charge in [0.1, 0.15) is 5.82 Å². The number of nitrogens with zero attached hydrogens (tertiary/aromatic N) is 1. The number of fused-ring (bicyclic) bond motifs is 1. The summed E-state index contributed by atoms with van der Waals surface area (Å²) in [5.74, 6) is -0.301. The fourth-order valence-corrected chi connectivity index (χ4v) is 3.11. The highest BCUT2D eigenvalue weighted by atomic mass is 79.9. The molecule has 2 aromatic rings. The van der Waals surface area contributed by atoms with Crippen molar-refractivity contribution in [2.45, 2.75) is 27.2 Å². The Morgan fingerprint density at radius 1 is 1.41 bits per heavy atom. The Balaban J connectivity index is 3.02. The Kier molecular flexibility index (Phi) is 3.41. The maximum absolute atomic E-state index is 13.7. The van der Waals surface area contributed by atoms with E-state index >= 15 is 0 Å². The van der Waals surface area contributed by atoms with E-state index in [-0.39, 0.29) is 5.82 Å². The van der Waals surface area contributed by atoms with E-state index in [9.17, 15) is 4.39 Å². The fourth-order valence-electron chi connectivity index (χ4n) is 2.04. The van der Waals surface area contributed by atoms with Crippen LogP contribution >= 0.6 is 27.5 Å². The molecule has 0 radical (unpaired) electrons. The highest BCUT2D eigenvalue weighted by Crippen LogP contribution is 2.36. The van der Waals surface area contributed by atoms with Crippen molar-refractivity contribution < 1.29 is 4.39 Å². The molecule has 1 heterocycles. The molecule has 0 saturated heterocycles. The number of aromatic nitrogens is 1. The lowest BCUT2D eigenvalue weighted by Gasteiger charge is -2.12. The minimum atomic E-state index is -0.301. The third kappa shape index (κ3) is 1.95. The van der Waals surface area contributed by atoms with E-state index in [4.69, 9.17) is 11.6 Å². The molecule has 2 rings (SSSR count). The molecular formula is C13H12BrClFN. The normalized spacial score (nSPS) is 11.2. The average Bonchev–Trinajstić information content (AvgIpc) is 2.26. The van der Waals surface area contributed by atoms with Gasteiger partial charge >= 0.3 is 0 Å². The minimum Gasteiger partial charge on any atom is -0.252 e. The largest absolute Gasteiger partial charge is 0.252 e. The molecule has 1 nitrogen and oxygen atoms in total. The van der Waals surface area contributed by atoms with Crippen molar-refractivity contribution in [3.05, 3.63) is 38.2 Å². The summed E-state index contributed by atoms with van der Waals surface area (Å²) in [4.78, 5) is 4.53. The summed E-state index contributed by atoms with van der Waals surface area (Å²) < 4.78 is 14.1. The molecule has 0 bridgehead atoms. The minimum absolute atomic E-state index is 0.301. The number of hydrogen-bond acceptors (Lipinski definition) is 1. The number of aryl methyl sites for hydroxylation is 2. The summed E-state index contributed by atoms with van der Waals surface area (Å²) in [7, 11) is 0. The predicted molar refractivity (Wildman–Crippen MR) is 73.3 cm³/mol. The first kappa shape index (κ1) is 12.8. The Morgan fingerprint density at radius 2 is 2.06 bits per heavy atom. The molecule has 0 aliphatic rings. The first-order valence-corrected chi connectivity index (χ1v) is 6.57. The molecule has 17 heavy (non-hydrogen) atoms. The SMILES string of the molecule is CCc1c(C)nc2c(C)cc(F)c(Br)c2c1Cl. The van der Waals surface area contributed by atoms with Gasteiger partial charge in [0.25, 0.3) is 0 Å². The van der Waals surface area contributed by atoms with Crippen LogP contribution in [0.5, 0.6) is 0 Å². The Labute approximate surface area is 113 Å². The number of benzene rings is 1. The van der Waals surface area contributed by atoms with Crippen LogP contribution in [0.25, 0.3) is 10.9 Å². The van der Waals surface area contributed by atoms with Crippen molar-refractivity contribution in [3.8, 4) is 0 Å². The van der Waals surface area contributed by atoms with Crippen molar-refractivity contribution >= 4 is 38.4 Å². The Hall–Kier alpha value is -0.670. The maximum Gasteiger partial charge on any atom is 0.138 e. The first-order valence-electron chi connectivity index (χ1n) is 5.40. The van der Waals surface area contributed by atoms with Crippen LogP contribution in [0.3, 0.4) is 0 Å². The van der Waals surface area contributed by atoms with Gasteiger partial charge in [0.15, 0.2) is 0 Å². The Bertz CT molecular complexity index is 610. The monoisotopic (exact) mass is 315 g/mol. The van der Waals surface area contributed by atoms with Gasteiger partial charge in [-0.2, -0.15) is 0 Å². The number of pyridine rings is 1. The van der Waals surface area contributed by atoms with E-state index in [1.54, 1.807) is 0 Å². The van der Waals surface area contributed by atoms with Crippen molar-refractivity contribution in [2.24, 2.45) is 0 Å². The number of halogens is 3. The number of hydrogen-bond donors (Lipinski definition) is 0. The lowest BCUT2D eigenvalue weighted by Crippen LogP contribution is -1.98. The maximum atomic E-state index is 13.7. The van der Waals surface area contributed by atoms with Crippen molar-refractivity contribution in [1.82, 2.24) is 4.98 Å². The molecule has 0 fully saturated rings. The lowest BCUT2D eigenvalue weighted by molar-refractivity contribution is 0.622. The quantitative estimate of drug-likeness (QED) is 0.724. The zero-order chi connectivity index (χ0) is 12.7. The van der Waals surface area contributed by atoms with Crippen LogP contribution in [-0.2, 0) is 6.42 Å². The molecule has 0 saturated carbocycles. The van der Waals surface area contributed by atoms with E-state index in [0.717, 1.165) is 28.8 Å². The average molecular weight is 317 g/mol. The Morgan fingerprint density at radius 3 is 2.65 bits per heavy atom. The lowest BCUT2D eigenvalue weighted by atomic mass is 10.0. The van der Waals surface area contributed by atoms with Crippen molar-refractivity contribution in [1.29, 1.82) is 0 Å². The van der Waals surface area contributed by atoms with Gasteiger partial charge in [-0.15, -0.1) is 0 Å². The molecule has 0 amide bonds. The molecule has 0 atom stereocenters. The van der Waals surface area contributed by atoms with Crippen LogP contribution in [0.4, 0.5) is 4.39 Å². The summed E-state index contributed by atoms with van der Waals surface area (Å²) in [6, 6.07) is 1.47. The molecule has 0 aliphatic carbocycles. The zero-order valence-corrected chi connectivity index (χ0v) is 12.2. The zero-order valence-electron chi connectivity index (χ0n) is 9.87. The molecule has 0 N–H and O–H groups in total. The van der Waals surface area contributed by atoms with E-state index in [0.29, 0.717) is 14.9 Å². The molecule has 0 spiro atoms. The van der Waals surface area contributed by atoms with Gasteiger partial charge in [-0.1, -0.05) is 18.5 Å². The topological polar surface area (TPSA) is 12.9 Å². The molecule has 90 valence electrons. The van der Waals surface area contributed by atoms with Gasteiger partial charge < -0.3 is 0 Å². The summed E-state index contributed by atoms with van der Waals surface area (Å²) in [6.45, 7) is 5.79. The first-order chi connectivity index (χ1) is 7.97. The van der Waals surface area contributed by atoms with Crippen molar-refractivity contribution in [3.63, 3.8) is 0 Å². The third-order valence-electron chi connectivity index (χ3n) is 2.94. The second-order valence-corrected chi connectivity index (χ2v) is 5.23. The van der Waals surface area contributed by atoms with E-state index in [1.807, 2.05) is 20.8 Å². The standard InChI is InChI=1S/C13H12BrClFN/c1-4-8-7(3)17-13-6(2)5-9(16)11(14)10(13)12(8)15/h5H,4H2,1-3H3. The van der Waals surface area contributed by atoms with Crippen LogP contribution in [0.1, 0.15) is 23.7 Å². The van der Waals surface area contributed by atoms with Crippen molar-refractivity contribution in [2.75, 3.05) is 0 Å². The van der Waals surface area contributed by atoms with Gasteiger partial charge in [0.2, 0.25) is 0 Å². The van der Waals surface area contributed by atoms with E-state index in [2.05, 4.69) is 20.9 Å². The van der Waals surface area contributed by atoms with E-state index < -0.39 is 0 Å². The van der Waals surface area contributed by atoms with Crippen LogP contribution in [0.2, 0.25) is 5.02 Å². The molecule has 1 aromatic heterocycles. The van der Waals surface area contributed by atoms with Crippen LogP contribution < -0.4 is 0 Å². The smallest absolute Gasteiger partial charge is 0.138 e. The van der Waals surface area contributed by atoms with Gasteiger partial charge in [-0.05, 0) is 53.4 Å². The van der Waals surface area contributed by atoms with E-state index in [1.165, 1.54) is 6.07 Å². The highest BCUT2D eigenvalue weighted by molar-refractivity contribution is 9.10. The highest BCUT2D eigenvalue weighted by Gasteiger charge is 2.16. The van der Waals surface area contributed by atoms with Crippen LogP contribution in [0, 0.1) is 19.7 Å². The summed E-state index contributed by atoms with van der Waals surface area (Å²) in [5.41, 5.74) is 3.45. The molecule has 0 unspecified atom stereocenters. The summed E-state index contributed by atoms with van der Waals surface area (Å²) in [6.07, 6.45) is 0.787. The fraction of sp³-hybridized carbons (Fsp3) is 0.308. The van der Waals surface area contributed by atoms with Crippen LogP contribution in [-0.4, -0.2) is 4.98 Å². The molecule has 1 aromatic carbocycles. The molecular weight excluding hydrogens is 305 g/mol. The second-order valence-electron chi connectivity index (χ2n) is 4.06. The van der Waals surface area contributed by atoms with Gasteiger partial charge in [-0.3, -0.25) is 4.98 Å². The predicted octanol–water partition coefficient (Wildman–Crippen LogP) is 4.97. The third-order valence-corrected chi connectivity index (χ3v) is 4.13. The van der Waals surface area contributed by atoms with Gasteiger partial charge in [0, 0.05) is 11.1 Å². The van der Waals surface area contributed by atoms with Gasteiger partial charge in [0.05, 0.1) is 15.0 Å². The van der Waals surface area contributed by atoms with Crippen LogP contribution in [0.15, 0.2) is 10.5 Å². The molecule has 0 aliphatic heterocycles. The number of rotatable bonds is 1. The second kappa shape index (κ2) is 4.54. The summed E-state index contributed by atoms with van der Waals surface area (Å²) in [5, 5.41) is 1.27.